The fourth-order valence-corrected chi connectivity index (χ4v) is 0. The van der Waals surface area contributed by atoms with Crippen LogP contribution < -0.4 is 0 Å². The zero-order chi connectivity index (χ0) is 2.00. The molecular formula is CoNiO2. The van der Waals surface area contributed by atoms with Crippen molar-refractivity contribution in [2.24, 2.45) is 0 Å². The van der Waals surface area contributed by atoms with E-state index in [9.17, 15) is 0 Å². The quantitative estimate of drug-likeness (QED) is 0.457. The Hall–Kier alpha value is 0.600. The molecule has 1 radical (unpaired) electrons. The van der Waals surface area contributed by atoms with Gasteiger partial charge in [0, 0.05) is 43.2 Å². The fraction of sp³-hybridized carbons (Fsp3) is 0. The predicted molar refractivity (Wildman–Crippen MR) is 6.73 cm³/mol. The maximum Gasteiger partial charge on any atom is 0 e. The zero-order valence-corrected chi connectivity index (χ0v) is 3.49. The summed E-state index contributed by atoms with van der Waals surface area (Å²) in [5.41, 5.74) is 0. The predicted octanol–water partition coefficient (Wildman–Crippen LogP) is 0.0620. The molecular weight excluding hydrogens is 150 g/mol. The van der Waals surface area contributed by atoms with E-state index in [1.54, 1.807) is 0 Å². The minimum atomic E-state index is 0. The molecule has 2 nitrogen and oxygen atoms in total. The third kappa shape index (κ3) is 18.5. The topological polar surface area (TPSA) is 34.1 Å². The second kappa shape index (κ2) is 67.6. The smallest absolute Gasteiger partial charge is 0 e. The molecule has 0 atom stereocenters. The van der Waals surface area contributed by atoms with Gasteiger partial charge in [-0.15, -0.1) is 0 Å². The summed E-state index contributed by atoms with van der Waals surface area (Å²) < 4.78 is 0. The van der Waals surface area contributed by atoms with Gasteiger partial charge >= 0.3 is 0 Å². The third-order valence-electron chi connectivity index (χ3n) is 0. The molecule has 0 heterocycles. The molecule has 4 heavy (non-hydrogen) atoms. The molecule has 0 saturated carbocycles. The van der Waals surface area contributed by atoms with E-state index in [-0.39, 0.29) is 33.3 Å². The molecule has 0 aromatic carbocycles. The molecule has 0 bridgehead atoms. The van der Waals surface area contributed by atoms with E-state index in [1.165, 1.54) is 0 Å². The van der Waals surface area contributed by atoms with Gasteiger partial charge in [-0.3, -0.25) is 0 Å². The van der Waals surface area contributed by atoms with E-state index >= 15 is 0 Å². The molecule has 0 unspecified atom stereocenters. The van der Waals surface area contributed by atoms with Crippen LogP contribution in [0.1, 0.15) is 0 Å². The van der Waals surface area contributed by atoms with Gasteiger partial charge in [-0.1, -0.05) is 0 Å². The van der Waals surface area contributed by atoms with E-state index in [0.29, 0.717) is 0 Å². The Balaban J connectivity index is -0.00000000500. The molecule has 0 N–H and O–H groups in total. The minimum absolute atomic E-state index is 0. The van der Waals surface area contributed by atoms with Gasteiger partial charge in [-0.05, 0) is 0 Å². The summed E-state index contributed by atoms with van der Waals surface area (Å²) in [7, 11) is 0. The van der Waals surface area contributed by atoms with Crippen molar-refractivity contribution in [1.29, 1.82) is 0 Å². The monoisotopic (exact) mass is 149 g/mol. The second-order valence-electron chi connectivity index (χ2n) is 0. The first-order valence-electron chi connectivity index (χ1n) is 0.167. The summed E-state index contributed by atoms with van der Waals surface area (Å²) in [4.78, 5) is 14.0. The summed E-state index contributed by atoms with van der Waals surface area (Å²) in [6.45, 7) is 0. The summed E-state index contributed by atoms with van der Waals surface area (Å²) >= 11 is 0. The number of hydrogen-bond donors (Lipinski definition) is 0. The molecule has 0 aliphatic carbocycles. The van der Waals surface area contributed by atoms with E-state index in [0.717, 1.165) is 0 Å². The van der Waals surface area contributed by atoms with Crippen LogP contribution in [0, 0.1) is 9.93 Å². The summed E-state index contributed by atoms with van der Waals surface area (Å²) in [5.74, 6) is 0. The number of rotatable bonds is 0. The van der Waals surface area contributed by atoms with Crippen molar-refractivity contribution in [1.82, 2.24) is 0 Å². The van der Waals surface area contributed by atoms with Crippen molar-refractivity contribution in [3.8, 4) is 0 Å². The van der Waals surface area contributed by atoms with Crippen LogP contribution in [-0.4, -0.2) is 0 Å². The Bertz CT molecular complexity index is 6.00. The molecule has 0 aromatic rings. The molecule has 0 amide bonds. The maximum atomic E-state index is 7.00. The fourth-order valence-electron chi connectivity index (χ4n) is 0. The Kier molecular flexibility index (Phi) is 394. The largest absolute Gasteiger partial charge is 0 e. The van der Waals surface area contributed by atoms with Crippen LogP contribution in [0.3, 0.4) is 0 Å². The Morgan fingerprint density at radius 2 is 1.00 bits per heavy atom. The van der Waals surface area contributed by atoms with Crippen molar-refractivity contribution >= 4 is 0 Å². The first-order chi connectivity index (χ1) is 1.00. The Labute approximate surface area is 43.7 Å². The average molecular weight is 150 g/mol. The van der Waals surface area contributed by atoms with Gasteiger partial charge in [0.25, 0.3) is 0 Å². The van der Waals surface area contributed by atoms with Gasteiger partial charge in [-0.25, -0.2) is 0 Å². The van der Waals surface area contributed by atoms with Gasteiger partial charge < -0.3 is 0 Å². The van der Waals surface area contributed by atoms with Gasteiger partial charge in [0.05, 0.1) is 0 Å². The Morgan fingerprint density at radius 3 is 1.00 bits per heavy atom. The van der Waals surface area contributed by atoms with Crippen LogP contribution >= 0.6 is 0 Å². The van der Waals surface area contributed by atoms with Crippen LogP contribution in [0.5, 0.6) is 0 Å². The standard InChI is InChI=1S/Co.Ni.O2/c;;1-2. The van der Waals surface area contributed by atoms with Crippen molar-refractivity contribution in [2.45, 2.75) is 0 Å². The van der Waals surface area contributed by atoms with Crippen LogP contribution in [0.25, 0.3) is 0 Å². The van der Waals surface area contributed by atoms with Gasteiger partial charge in [0.15, 0.2) is 0 Å². The third-order valence-corrected chi connectivity index (χ3v) is 0. The Morgan fingerprint density at radius 1 is 1.00 bits per heavy atom. The van der Waals surface area contributed by atoms with Gasteiger partial charge in [0.1, 0.15) is 0 Å². The van der Waals surface area contributed by atoms with Gasteiger partial charge in [-0.2, -0.15) is 0 Å². The van der Waals surface area contributed by atoms with E-state index in [4.69, 9.17) is 9.93 Å². The first kappa shape index (κ1) is 23.3. The summed E-state index contributed by atoms with van der Waals surface area (Å²) in [6, 6.07) is 0. The SMILES string of the molecule is O=O.[Co].[Ni]. The molecule has 0 aromatic heterocycles. The van der Waals surface area contributed by atoms with E-state index < -0.39 is 0 Å². The van der Waals surface area contributed by atoms with Crippen LogP contribution in [-0.2, 0) is 33.3 Å². The van der Waals surface area contributed by atoms with Crippen molar-refractivity contribution < 1.29 is 33.3 Å². The van der Waals surface area contributed by atoms with Crippen molar-refractivity contribution in [3.63, 3.8) is 0 Å². The molecule has 0 fully saturated rings. The maximum absolute atomic E-state index is 7.00. The summed E-state index contributed by atoms with van der Waals surface area (Å²) in [5, 5.41) is 0. The molecule has 0 saturated heterocycles. The zero-order valence-electron chi connectivity index (χ0n) is 1.47. The van der Waals surface area contributed by atoms with Crippen LogP contribution in [0.15, 0.2) is 0 Å². The van der Waals surface area contributed by atoms with E-state index in [1.807, 2.05) is 0 Å². The molecule has 0 rings (SSSR count). The average Bonchev–Trinajstić information content (AvgIpc) is 1.00. The molecule has 0 aliphatic heterocycles. The van der Waals surface area contributed by atoms with Crippen LogP contribution in [0.4, 0.5) is 0 Å². The molecule has 4 heteroatoms. The van der Waals surface area contributed by atoms with E-state index in [2.05, 4.69) is 0 Å². The van der Waals surface area contributed by atoms with Gasteiger partial charge in [0.2, 0.25) is 0 Å². The molecule has 31 valence electrons. The van der Waals surface area contributed by atoms with Crippen LogP contribution in [0.2, 0.25) is 0 Å². The summed E-state index contributed by atoms with van der Waals surface area (Å²) in [6.07, 6.45) is 0. The second-order valence-corrected chi connectivity index (χ2v) is 0. The number of hydrogen-bond acceptors (Lipinski definition) is 2. The normalized spacial score (nSPS) is 1.00. The van der Waals surface area contributed by atoms with Crippen molar-refractivity contribution in [3.05, 3.63) is 9.93 Å². The molecule has 0 aliphatic rings. The minimum Gasteiger partial charge on any atom is 0 e. The molecule has 0 spiro atoms. The first-order valence-corrected chi connectivity index (χ1v) is 0.167. The van der Waals surface area contributed by atoms with Crippen molar-refractivity contribution in [2.75, 3.05) is 0 Å².